The highest BCUT2D eigenvalue weighted by atomic mass is 16.3. The summed E-state index contributed by atoms with van der Waals surface area (Å²) in [6.07, 6.45) is 0. The van der Waals surface area contributed by atoms with E-state index in [0.717, 1.165) is 71.9 Å². The minimum Gasteiger partial charge on any atom is -0.454 e. The van der Waals surface area contributed by atoms with Crippen molar-refractivity contribution in [1.29, 1.82) is 0 Å². The third-order valence-electron chi connectivity index (χ3n) is 12.0. The summed E-state index contributed by atoms with van der Waals surface area (Å²) in [6.45, 7) is 0. The van der Waals surface area contributed by atoms with Gasteiger partial charge in [0, 0.05) is 38.1 Å². The lowest BCUT2D eigenvalue weighted by molar-refractivity contribution is 0.666. The minimum atomic E-state index is 0.828. The van der Waals surface area contributed by atoms with Gasteiger partial charge in [-0.25, -0.2) is 4.98 Å². The Morgan fingerprint density at radius 1 is 0.367 bits per heavy atom. The molecule has 0 unspecified atom stereocenters. The molecule has 280 valence electrons. The zero-order chi connectivity index (χ0) is 39.6. The normalized spacial score (nSPS) is 11.7. The van der Waals surface area contributed by atoms with Crippen LogP contribution in [0.15, 0.2) is 223 Å². The van der Waals surface area contributed by atoms with Gasteiger partial charge in [-0.2, -0.15) is 0 Å². The van der Waals surface area contributed by atoms with Gasteiger partial charge in [0.15, 0.2) is 5.58 Å². The molecule has 0 radical (unpaired) electrons. The van der Waals surface area contributed by atoms with Crippen LogP contribution < -0.4 is 0 Å². The second-order valence-corrected chi connectivity index (χ2v) is 15.5. The van der Waals surface area contributed by atoms with Crippen molar-refractivity contribution in [3.05, 3.63) is 218 Å². The molecule has 12 rings (SSSR count). The quantitative estimate of drug-likeness (QED) is 0.169. The molecule has 0 N–H and O–H groups in total. The molecule has 3 heteroatoms. The van der Waals surface area contributed by atoms with Gasteiger partial charge in [-0.05, 0) is 69.1 Å². The van der Waals surface area contributed by atoms with E-state index in [0.29, 0.717) is 0 Å². The molecule has 3 aromatic heterocycles. The van der Waals surface area contributed by atoms with Crippen molar-refractivity contribution in [1.82, 2.24) is 9.55 Å². The predicted molar refractivity (Wildman–Crippen MR) is 251 cm³/mol. The maximum Gasteiger partial charge on any atom is 0.159 e. The second kappa shape index (κ2) is 13.8. The minimum absolute atomic E-state index is 0.828. The molecular weight excluding hydrogens is 729 g/mol. The number of hydrogen-bond acceptors (Lipinski definition) is 2. The third kappa shape index (κ3) is 5.55. The lowest BCUT2D eigenvalue weighted by Gasteiger charge is -2.12. The lowest BCUT2D eigenvalue weighted by Crippen LogP contribution is -1.95. The SMILES string of the molecule is c1ccc(-c2ccc(-c3nc(-c4cccc5oc6c(-n7c8cc(-c9ccccc9)ccc8c8ccc(-c9ccccc9)cc87)cccc6c45)cc4ccccc34)cc2)cc1. The van der Waals surface area contributed by atoms with Gasteiger partial charge in [-0.15, -0.1) is 0 Å². The zero-order valence-electron chi connectivity index (χ0n) is 32.6. The van der Waals surface area contributed by atoms with Crippen LogP contribution in [0.1, 0.15) is 0 Å². The summed E-state index contributed by atoms with van der Waals surface area (Å²) in [6, 6.07) is 77.9. The maximum absolute atomic E-state index is 7.01. The van der Waals surface area contributed by atoms with E-state index in [4.69, 9.17) is 9.40 Å². The fourth-order valence-electron chi connectivity index (χ4n) is 9.13. The van der Waals surface area contributed by atoms with E-state index in [1.807, 2.05) is 0 Å². The summed E-state index contributed by atoms with van der Waals surface area (Å²) in [4.78, 5) is 5.46. The van der Waals surface area contributed by atoms with E-state index >= 15 is 0 Å². The number of para-hydroxylation sites is 1. The number of fused-ring (bicyclic) bond motifs is 7. The van der Waals surface area contributed by atoms with Gasteiger partial charge < -0.3 is 8.98 Å². The predicted octanol–water partition coefficient (Wildman–Crippen LogP) is 15.6. The van der Waals surface area contributed by atoms with E-state index in [-0.39, 0.29) is 0 Å². The zero-order valence-corrected chi connectivity index (χ0v) is 32.6. The van der Waals surface area contributed by atoms with Crippen molar-refractivity contribution in [2.45, 2.75) is 0 Å². The fourth-order valence-corrected chi connectivity index (χ4v) is 9.13. The van der Waals surface area contributed by atoms with Crippen LogP contribution in [-0.2, 0) is 0 Å². The molecular formula is C57H36N2O. The summed E-state index contributed by atoms with van der Waals surface area (Å²) in [5.41, 5.74) is 16.0. The molecule has 0 fully saturated rings. The summed E-state index contributed by atoms with van der Waals surface area (Å²) >= 11 is 0. The van der Waals surface area contributed by atoms with Gasteiger partial charge in [0.2, 0.25) is 0 Å². The molecule has 0 spiro atoms. The topological polar surface area (TPSA) is 31.0 Å². The van der Waals surface area contributed by atoms with Crippen LogP contribution in [0.4, 0.5) is 0 Å². The number of pyridine rings is 1. The average molecular weight is 765 g/mol. The maximum atomic E-state index is 7.01. The molecule has 0 amide bonds. The molecule has 3 nitrogen and oxygen atoms in total. The molecule has 3 heterocycles. The van der Waals surface area contributed by atoms with Crippen molar-refractivity contribution in [3.63, 3.8) is 0 Å². The van der Waals surface area contributed by atoms with E-state index in [2.05, 4.69) is 223 Å². The first-order chi connectivity index (χ1) is 29.7. The molecule has 9 aromatic carbocycles. The molecule has 0 atom stereocenters. The van der Waals surface area contributed by atoms with E-state index in [9.17, 15) is 0 Å². The molecule has 12 aromatic rings. The highest BCUT2D eigenvalue weighted by Gasteiger charge is 2.21. The molecule has 60 heavy (non-hydrogen) atoms. The van der Waals surface area contributed by atoms with E-state index in [1.54, 1.807) is 0 Å². The lowest BCUT2D eigenvalue weighted by atomic mass is 9.97. The van der Waals surface area contributed by atoms with Crippen molar-refractivity contribution in [3.8, 4) is 61.6 Å². The number of furan rings is 1. The number of hydrogen-bond donors (Lipinski definition) is 0. The van der Waals surface area contributed by atoms with Crippen molar-refractivity contribution in [2.75, 3.05) is 0 Å². The van der Waals surface area contributed by atoms with E-state index in [1.165, 1.54) is 44.2 Å². The van der Waals surface area contributed by atoms with Crippen LogP contribution in [0.25, 0.3) is 116 Å². The summed E-state index contributed by atoms with van der Waals surface area (Å²) in [5, 5.41) is 6.76. The van der Waals surface area contributed by atoms with Crippen LogP contribution in [0.3, 0.4) is 0 Å². The van der Waals surface area contributed by atoms with Gasteiger partial charge >= 0.3 is 0 Å². The standard InChI is InChI=1S/C57H36N2O/c1-4-14-37(15-5-1)40-26-28-41(29-27-40)56-45-21-11-10-20-44(45)34-50(58-56)48-22-13-25-54-55(48)49-23-12-24-51(57(49)60-54)59-52-35-42(38-16-6-2-7-17-38)30-32-46(52)47-33-31-43(36-53(47)59)39-18-8-3-9-19-39/h1-36H. The second-order valence-electron chi connectivity index (χ2n) is 15.5. The summed E-state index contributed by atoms with van der Waals surface area (Å²) in [5.74, 6) is 0. The van der Waals surface area contributed by atoms with E-state index < -0.39 is 0 Å². The van der Waals surface area contributed by atoms with Crippen LogP contribution >= 0.6 is 0 Å². The molecule has 0 bridgehead atoms. The Labute approximate surface area is 347 Å². The highest BCUT2D eigenvalue weighted by Crippen LogP contribution is 2.43. The number of rotatable bonds is 6. The molecule has 0 aliphatic rings. The Hall–Kier alpha value is -8.01. The number of aromatic nitrogens is 2. The molecule has 0 aliphatic heterocycles. The van der Waals surface area contributed by atoms with Gasteiger partial charge in [0.05, 0.1) is 28.1 Å². The van der Waals surface area contributed by atoms with Crippen molar-refractivity contribution in [2.24, 2.45) is 0 Å². The first-order valence-corrected chi connectivity index (χ1v) is 20.4. The smallest absolute Gasteiger partial charge is 0.159 e. The Morgan fingerprint density at radius 3 is 1.53 bits per heavy atom. The largest absolute Gasteiger partial charge is 0.454 e. The Morgan fingerprint density at radius 2 is 0.883 bits per heavy atom. The van der Waals surface area contributed by atoms with Crippen molar-refractivity contribution < 1.29 is 4.42 Å². The Kier molecular flexibility index (Phi) is 7.85. The molecule has 0 aliphatic carbocycles. The molecule has 0 saturated heterocycles. The van der Waals surface area contributed by atoms with Crippen LogP contribution in [0, 0.1) is 0 Å². The Bertz CT molecular complexity index is 3470. The first kappa shape index (κ1) is 34.1. The van der Waals surface area contributed by atoms with Gasteiger partial charge in [0.1, 0.15) is 5.58 Å². The van der Waals surface area contributed by atoms with Crippen LogP contribution in [0.2, 0.25) is 0 Å². The molecule has 0 saturated carbocycles. The van der Waals surface area contributed by atoms with Gasteiger partial charge in [-0.1, -0.05) is 188 Å². The fraction of sp³-hybridized carbons (Fsp3) is 0. The highest BCUT2D eigenvalue weighted by molar-refractivity contribution is 6.17. The number of benzene rings is 9. The number of nitrogens with zero attached hydrogens (tertiary/aromatic N) is 2. The van der Waals surface area contributed by atoms with Crippen LogP contribution in [0.5, 0.6) is 0 Å². The first-order valence-electron chi connectivity index (χ1n) is 20.4. The third-order valence-corrected chi connectivity index (χ3v) is 12.0. The average Bonchev–Trinajstić information content (AvgIpc) is 3.87. The van der Waals surface area contributed by atoms with Gasteiger partial charge in [0.25, 0.3) is 0 Å². The monoisotopic (exact) mass is 764 g/mol. The van der Waals surface area contributed by atoms with Gasteiger partial charge in [-0.3, -0.25) is 0 Å². The summed E-state index contributed by atoms with van der Waals surface area (Å²) < 4.78 is 9.41. The Balaban J connectivity index is 1.08. The van der Waals surface area contributed by atoms with Crippen LogP contribution in [-0.4, -0.2) is 9.55 Å². The summed E-state index contributed by atoms with van der Waals surface area (Å²) in [7, 11) is 0. The van der Waals surface area contributed by atoms with Crippen molar-refractivity contribution >= 4 is 54.5 Å².